The van der Waals surface area contributed by atoms with Crippen molar-refractivity contribution in [2.75, 3.05) is 13.2 Å². The van der Waals surface area contributed by atoms with E-state index in [0.717, 1.165) is 0 Å². The minimum absolute atomic E-state index is 0.0484. The predicted molar refractivity (Wildman–Crippen MR) is 207 cm³/mol. The maximum absolute atomic E-state index is 14.7. The number of hydrogen-bond acceptors (Lipinski definition) is 9. The monoisotopic (exact) mass is 851 g/mol. The molecule has 0 bridgehead atoms. The molecule has 1 spiro atoms. The van der Waals surface area contributed by atoms with Crippen LogP contribution in [-0.4, -0.2) is 83.2 Å². The van der Waals surface area contributed by atoms with E-state index in [1.807, 2.05) is 26.8 Å². The van der Waals surface area contributed by atoms with E-state index in [1.54, 1.807) is 6.08 Å². The zero-order valence-corrected chi connectivity index (χ0v) is 34.5. The van der Waals surface area contributed by atoms with Crippen LogP contribution >= 0.6 is 11.6 Å². The number of allylic oxidation sites excluding steroid dienone is 1. The molecule has 3 fully saturated rings. The molecule has 316 valence electrons. The Labute approximate surface area is 340 Å². The van der Waals surface area contributed by atoms with E-state index >= 15 is 0 Å². The minimum Gasteiger partial charge on any atom is -0.483 e. The van der Waals surface area contributed by atoms with Gasteiger partial charge in [-0.25, -0.2) is 18.2 Å². The van der Waals surface area contributed by atoms with E-state index in [0.29, 0.717) is 43.9 Å². The number of rotatable bonds is 5. The van der Waals surface area contributed by atoms with Gasteiger partial charge in [-0.05, 0) is 81.9 Å². The summed E-state index contributed by atoms with van der Waals surface area (Å²) in [5.74, 6) is -3.49. The molecule has 1 aromatic carbocycles. The van der Waals surface area contributed by atoms with Crippen molar-refractivity contribution in [2.45, 2.75) is 132 Å². The van der Waals surface area contributed by atoms with Crippen LogP contribution in [0.3, 0.4) is 0 Å². The highest BCUT2D eigenvalue weighted by Crippen LogP contribution is 2.50. The van der Waals surface area contributed by atoms with Crippen LogP contribution in [0.5, 0.6) is 5.75 Å². The van der Waals surface area contributed by atoms with Gasteiger partial charge in [0.1, 0.15) is 23.2 Å². The van der Waals surface area contributed by atoms with Gasteiger partial charge in [-0.1, -0.05) is 57.4 Å². The fraction of sp³-hybridized carbons (Fsp3) is 0.625. The first kappa shape index (κ1) is 42.0. The Bertz CT molecular complexity index is 2170. The number of aryl methyl sites for hydroxylation is 1. The first-order valence-corrected chi connectivity index (χ1v) is 21.6. The van der Waals surface area contributed by atoms with Crippen molar-refractivity contribution in [2.24, 2.45) is 11.3 Å². The number of hydrogen-bond donors (Lipinski definition) is 3. The number of alkyl halides is 3. The highest BCUT2D eigenvalue weighted by atomic mass is 35.5. The van der Waals surface area contributed by atoms with Gasteiger partial charge in [-0.15, -0.1) is 0 Å². The van der Waals surface area contributed by atoms with Gasteiger partial charge in [0, 0.05) is 28.3 Å². The molecule has 5 atom stereocenters. The van der Waals surface area contributed by atoms with Crippen molar-refractivity contribution in [3.8, 4) is 5.75 Å². The SMILES string of the molecule is CC(C)(C)COC(=O)N[C@H]1CCCCC/C=C\[C@@H]2C[C@@]2(C(=O)NS(=O)(=O)C2(C)CC2)NC(=O)[C@@H]2C[C@]3(CCc4c(c(C(F)(F)F)nc5ccc(Cl)cc45)O3)CN2C1=O. The summed E-state index contributed by atoms with van der Waals surface area (Å²) in [6, 6.07) is 1.79. The Hall–Kier alpha value is -4.12. The van der Waals surface area contributed by atoms with E-state index in [-0.39, 0.29) is 66.8 Å². The number of aromatic nitrogens is 1. The van der Waals surface area contributed by atoms with Crippen LogP contribution < -0.4 is 20.1 Å². The second kappa shape index (κ2) is 14.9. The van der Waals surface area contributed by atoms with E-state index in [4.69, 9.17) is 21.1 Å². The fourth-order valence-corrected chi connectivity index (χ4v) is 9.64. The van der Waals surface area contributed by atoms with E-state index in [9.17, 15) is 40.8 Å². The molecule has 2 aliphatic carbocycles. The number of fused-ring (bicyclic) bond motifs is 5. The van der Waals surface area contributed by atoms with Gasteiger partial charge in [0.15, 0.2) is 11.4 Å². The molecule has 4 heterocycles. The first-order valence-electron chi connectivity index (χ1n) is 19.7. The number of benzene rings is 1. The van der Waals surface area contributed by atoms with Gasteiger partial charge in [-0.2, -0.15) is 13.2 Å². The zero-order valence-electron chi connectivity index (χ0n) is 32.9. The van der Waals surface area contributed by atoms with Crippen LogP contribution in [0.4, 0.5) is 18.0 Å². The lowest BCUT2D eigenvalue weighted by Gasteiger charge is -2.37. The van der Waals surface area contributed by atoms with Crippen molar-refractivity contribution in [3.63, 3.8) is 0 Å². The molecule has 1 aromatic heterocycles. The van der Waals surface area contributed by atoms with Gasteiger partial charge in [0.05, 0.1) is 23.4 Å². The van der Waals surface area contributed by atoms with E-state index < -0.39 is 85.3 Å². The third-order valence-corrected chi connectivity index (χ3v) is 14.4. The van der Waals surface area contributed by atoms with Gasteiger partial charge in [-0.3, -0.25) is 19.1 Å². The Balaban J connectivity index is 1.26. The van der Waals surface area contributed by atoms with Gasteiger partial charge >= 0.3 is 12.3 Å². The minimum atomic E-state index is -4.93. The van der Waals surface area contributed by atoms with Crippen molar-refractivity contribution in [3.05, 3.63) is 46.6 Å². The van der Waals surface area contributed by atoms with E-state index in [2.05, 4.69) is 20.3 Å². The summed E-state index contributed by atoms with van der Waals surface area (Å²) in [5, 5.41) is 6.12. The van der Waals surface area contributed by atoms with Crippen LogP contribution in [0.25, 0.3) is 10.9 Å². The zero-order chi connectivity index (χ0) is 42.1. The number of carbonyl (C=O) groups excluding carboxylic acids is 4. The number of carbonyl (C=O) groups is 4. The molecule has 7 rings (SSSR count). The first-order chi connectivity index (χ1) is 27.1. The number of halogens is 4. The molecule has 3 N–H and O–H groups in total. The largest absolute Gasteiger partial charge is 0.483 e. The number of alkyl carbamates (subject to hydrolysis) is 1. The molecule has 5 aliphatic rings. The number of ether oxygens (including phenoxy) is 2. The lowest BCUT2D eigenvalue weighted by molar-refractivity contribution is -0.144. The average Bonchev–Trinajstić information content (AvgIpc) is 4.03. The molecule has 13 nitrogen and oxygen atoms in total. The summed E-state index contributed by atoms with van der Waals surface area (Å²) < 4.78 is 83.3. The van der Waals surface area contributed by atoms with Crippen molar-refractivity contribution >= 4 is 56.3 Å². The molecule has 0 radical (unpaired) electrons. The fourth-order valence-electron chi connectivity index (χ4n) is 8.16. The lowest BCUT2D eigenvalue weighted by Crippen LogP contribution is -2.58. The molecular formula is C40H49ClF3N5O8S. The topological polar surface area (TPSA) is 173 Å². The van der Waals surface area contributed by atoms with Crippen molar-refractivity contribution in [1.82, 2.24) is 25.2 Å². The number of sulfonamides is 1. The molecule has 2 aromatic rings. The van der Waals surface area contributed by atoms with Gasteiger partial charge < -0.3 is 25.0 Å². The van der Waals surface area contributed by atoms with Crippen LogP contribution in [0.2, 0.25) is 5.02 Å². The Morgan fingerprint density at radius 1 is 1.10 bits per heavy atom. The van der Waals surface area contributed by atoms with E-state index in [1.165, 1.54) is 30.0 Å². The normalized spacial score (nSPS) is 29.1. The van der Waals surface area contributed by atoms with Gasteiger partial charge in [0.25, 0.3) is 5.91 Å². The third kappa shape index (κ3) is 8.34. The summed E-state index contributed by atoms with van der Waals surface area (Å²) in [4.78, 5) is 61.5. The van der Waals surface area contributed by atoms with Crippen LogP contribution in [0.1, 0.15) is 103 Å². The summed E-state index contributed by atoms with van der Waals surface area (Å²) in [5.41, 5.74) is -4.52. The van der Waals surface area contributed by atoms with Crippen molar-refractivity contribution in [1.29, 1.82) is 0 Å². The summed E-state index contributed by atoms with van der Waals surface area (Å²) >= 11 is 6.25. The number of pyridine rings is 1. The summed E-state index contributed by atoms with van der Waals surface area (Å²) in [7, 11) is -4.09. The maximum Gasteiger partial charge on any atom is 0.437 e. The smallest absolute Gasteiger partial charge is 0.437 e. The second-order valence-electron chi connectivity index (χ2n) is 18.0. The summed E-state index contributed by atoms with van der Waals surface area (Å²) in [6.45, 7) is 6.86. The van der Waals surface area contributed by atoms with Crippen molar-refractivity contribution < 1.29 is 50.2 Å². The highest BCUT2D eigenvalue weighted by Gasteiger charge is 2.64. The molecule has 3 aliphatic heterocycles. The Morgan fingerprint density at radius 2 is 1.84 bits per heavy atom. The highest BCUT2D eigenvalue weighted by molar-refractivity contribution is 7.91. The molecule has 1 saturated heterocycles. The molecule has 18 heteroatoms. The van der Waals surface area contributed by atoms with Gasteiger partial charge in [0.2, 0.25) is 21.8 Å². The molecular weight excluding hydrogens is 803 g/mol. The molecule has 0 unspecified atom stereocenters. The Kier molecular flexibility index (Phi) is 10.8. The van der Waals surface area contributed by atoms with Crippen LogP contribution in [0.15, 0.2) is 30.4 Å². The molecule has 2 saturated carbocycles. The summed E-state index contributed by atoms with van der Waals surface area (Å²) in [6.07, 6.45) is 1.25. The Morgan fingerprint density at radius 3 is 2.53 bits per heavy atom. The van der Waals surface area contributed by atoms with Crippen LogP contribution in [-0.2, 0) is 41.7 Å². The molecule has 58 heavy (non-hydrogen) atoms. The average molecular weight is 852 g/mol. The predicted octanol–water partition coefficient (Wildman–Crippen LogP) is 6.11. The maximum atomic E-state index is 14.7. The standard InChI is InChI=1S/C40H49ClF3N5O8S/c1-36(2,3)22-56-35(53)46-28-11-9-7-5-6-8-10-23-19-39(23,34(52)48-58(54,55)37(4)16-17-37)47-32(50)29-20-38(21-49(29)33(28)51)15-14-25-26-18-24(41)12-13-27(26)45-31(30(25)57-38)40(42,43)44/h8,10,12-13,18,23,28-29H,5-7,9,11,14-17,19-22H2,1-4H3,(H,46,53)(H,47,50)(H,48,52)/b10-8-/t23-,28+,29+,38-,39-/m1/s1. The second-order valence-corrected chi connectivity index (χ2v) is 20.6. The van der Waals surface area contributed by atoms with Crippen LogP contribution in [0, 0.1) is 11.3 Å². The number of amides is 4. The number of nitrogens with zero attached hydrogens (tertiary/aromatic N) is 2. The molecule has 4 amide bonds. The quantitative estimate of drug-likeness (QED) is 0.301. The third-order valence-electron chi connectivity index (χ3n) is 12.0. The lowest BCUT2D eigenvalue weighted by atomic mass is 9.87. The number of nitrogens with one attached hydrogen (secondary N) is 3.